The number of nitrogens with two attached hydrogens (primary N) is 1. The first-order chi connectivity index (χ1) is 6.22. The Hall–Kier alpha value is -1.58. The van der Waals surface area contributed by atoms with Crippen LogP contribution in [-0.4, -0.2) is 11.0 Å². The van der Waals surface area contributed by atoms with Crippen molar-refractivity contribution in [3.8, 4) is 0 Å². The number of carbonyl (C=O) groups excluding carboxylic acids is 1. The topological polar surface area (TPSA) is 68.0 Å². The second-order valence-corrected chi connectivity index (χ2v) is 2.75. The quantitative estimate of drug-likeness (QED) is 0.738. The van der Waals surface area contributed by atoms with Crippen LogP contribution >= 0.6 is 0 Å². The molecule has 1 heterocycles. The minimum Gasteiger partial charge on any atom is -0.351 e. The molecule has 0 aliphatic rings. The van der Waals surface area contributed by atoms with Crippen molar-refractivity contribution in [1.82, 2.24) is 4.98 Å². The van der Waals surface area contributed by atoms with Crippen molar-refractivity contribution in [2.75, 3.05) is 5.32 Å². The molecule has 0 aliphatic carbocycles. The summed E-state index contributed by atoms with van der Waals surface area (Å²) in [6.45, 7) is 2.08. The standard InChI is InChI=1S/C9H13N3O/c1-2-4-7-5-3-6-8(11-7)12-9(10)13/h3,5-6H,2,4H2,1H3,(H3,10,11,12,13). The van der Waals surface area contributed by atoms with Crippen LogP contribution in [0.25, 0.3) is 0 Å². The normalized spacial score (nSPS) is 9.62. The van der Waals surface area contributed by atoms with E-state index in [-0.39, 0.29) is 0 Å². The summed E-state index contributed by atoms with van der Waals surface area (Å²) >= 11 is 0. The third kappa shape index (κ3) is 3.11. The fourth-order valence-electron chi connectivity index (χ4n) is 1.07. The Bertz CT molecular complexity index is 299. The monoisotopic (exact) mass is 179 g/mol. The highest BCUT2D eigenvalue weighted by Crippen LogP contribution is 2.05. The number of primary amides is 1. The zero-order chi connectivity index (χ0) is 9.68. The summed E-state index contributed by atoms with van der Waals surface area (Å²) in [7, 11) is 0. The number of amides is 2. The summed E-state index contributed by atoms with van der Waals surface area (Å²) in [6.07, 6.45) is 1.95. The van der Waals surface area contributed by atoms with Gasteiger partial charge in [0.25, 0.3) is 0 Å². The van der Waals surface area contributed by atoms with Crippen LogP contribution in [0.15, 0.2) is 18.2 Å². The van der Waals surface area contributed by atoms with Gasteiger partial charge in [0.15, 0.2) is 0 Å². The first kappa shape index (κ1) is 9.51. The zero-order valence-electron chi connectivity index (χ0n) is 7.58. The summed E-state index contributed by atoms with van der Waals surface area (Å²) in [6, 6.07) is 4.91. The van der Waals surface area contributed by atoms with Gasteiger partial charge < -0.3 is 5.73 Å². The average molecular weight is 179 g/mol. The first-order valence-corrected chi connectivity index (χ1v) is 4.24. The molecule has 0 aliphatic heterocycles. The maximum absolute atomic E-state index is 10.5. The van der Waals surface area contributed by atoms with E-state index in [0.717, 1.165) is 18.5 Å². The van der Waals surface area contributed by atoms with Crippen molar-refractivity contribution in [3.63, 3.8) is 0 Å². The Morgan fingerprint density at radius 3 is 3.00 bits per heavy atom. The van der Waals surface area contributed by atoms with Crippen molar-refractivity contribution in [1.29, 1.82) is 0 Å². The van der Waals surface area contributed by atoms with E-state index >= 15 is 0 Å². The highest BCUT2D eigenvalue weighted by Gasteiger charge is 1.98. The largest absolute Gasteiger partial charge is 0.351 e. The van der Waals surface area contributed by atoms with Gasteiger partial charge in [-0.1, -0.05) is 19.4 Å². The number of aromatic nitrogens is 1. The fourth-order valence-corrected chi connectivity index (χ4v) is 1.07. The molecule has 2 amide bonds. The Labute approximate surface area is 77.2 Å². The van der Waals surface area contributed by atoms with E-state index in [2.05, 4.69) is 17.2 Å². The van der Waals surface area contributed by atoms with Gasteiger partial charge in [-0.05, 0) is 18.6 Å². The predicted octanol–water partition coefficient (Wildman–Crippen LogP) is 1.52. The van der Waals surface area contributed by atoms with Crippen LogP contribution in [-0.2, 0) is 6.42 Å². The number of aryl methyl sites for hydroxylation is 1. The molecule has 0 bridgehead atoms. The van der Waals surface area contributed by atoms with Gasteiger partial charge in [0.1, 0.15) is 5.82 Å². The second-order valence-electron chi connectivity index (χ2n) is 2.75. The van der Waals surface area contributed by atoms with Gasteiger partial charge in [0.2, 0.25) is 0 Å². The van der Waals surface area contributed by atoms with Crippen LogP contribution in [0.3, 0.4) is 0 Å². The molecule has 0 saturated carbocycles. The van der Waals surface area contributed by atoms with E-state index in [0.29, 0.717) is 5.82 Å². The molecule has 1 rings (SSSR count). The van der Waals surface area contributed by atoms with Gasteiger partial charge >= 0.3 is 6.03 Å². The van der Waals surface area contributed by atoms with Crippen molar-refractivity contribution < 1.29 is 4.79 Å². The van der Waals surface area contributed by atoms with Crippen LogP contribution in [0, 0.1) is 0 Å². The number of carbonyl (C=O) groups is 1. The molecular weight excluding hydrogens is 166 g/mol. The highest BCUT2D eigenvalue weighted by atomic mass is 16.2. The van der Waals surface area contributed by atoms with Gasteiger partial charge in [-0.2, -0.15) is 0 Å². The zero-order valence-corrected chi connectivity index (χ0v) is 7.58. The van der Waals surface area contributed by atoms with E-state index in [1.165, 1.54) is 0 Å². The SMILES string of the molecule is CCCc1cccc(NC(N)=O)n1. The maximum atomic E-state index is 10.5. The van der Waals surface area contributed by atoms with E-state index in [9.17, 15) is 4.79 Å². The van der Waals surface area contributed by atoms with E-state index in [1.54, 1.807) is 6.07 Å². The van der Waals surface area contributed by atoms with Crippen molar-refractivity contribution in [2.45, 2.75) is 19.8 Å². The van der Waals surface area contributed by atoms with E-state index in [1.807, 2.05) is 12.1 Å². The smallest absolute Gasteiger partial charge is 0.317 e. The number of hydrogen-bond donors (Lipinski definition) is 2. The second kappa shape index (κ2) is 4.45. The molecule has 0 saturated heterocycles. The molecule has 4 heteroatoms. The summed E-state index contributed by atoms with van der Waals surface area (Å²) in [5.74, 6) is 0.512. The maximum Gasteiger partial charge on any atom is 0.317 e. The van der Waals surface area contributed by atoms with Gasteiger partial charge in [0, 0.05) is 5.69 Å². The van der Waals surface area contributed by atoms with Gasteiger partial charge in [-0.3, -0.25) is 5.32 Å². The lowest BCUT2D eigenvalue weighted by Crippen LogP contribution is -2.20. The highest BCUT2D eigenvalue weighted by molar-refractivity contribution is 5.86. The molecule has 0 radical (unpaired) electrons. The predicted molar refractivity (Wildman–Crippen MR) is 51.4 cm³/mol. The minimum atomic E-state index is -0.582. The summed E-state index contributed by atoms with van der Waals surface area (Å²) in [4.78, 5) is 14.7. The van der Waals surface area contributed by atoms with Crippen molar-refractivity contribution >= 4 is 11.8 Å². The van der Waals surface area contributed by atoms with Crippen LogP contribution in [0.2, 0.25) is 0 Å². The first-order valence-electron chi connectivity index (χ1n) is 4.24. The van der Waals surface area contributed by atoms with Crippen LogP contribution in [0.1, 0.15) is 19.0 Å². The Kier molecular flexibility index (Phi) is 3.25. The number of pyridine rings is 1. The number of nitrogens with one attached hydrogen (secondary N) is 1. The van der Waals surface area contributed by atoms with Crippen molar-refractivity contribution in [2.24, 2.45) is 5.73 Å². The molecule has 1 aromatic heterocycles. The lowest BCUT2D eigenvalue weighted by molar-refractivity contribution is 0.259. The summed E-state index contributed by atoms with van der Waals surface area (Å²) < 4.78 is 0. The molecule has 0 spiro atoms. The Balaban J connectivity index is 2.73. The molecule has 0 unspecified atom stereocenters. The molecule has 13 heavy (non-hydrogen) atoms. The summed E-state index contributed by atoms with van der Waals surface area (Å²) in [5, 5.41) is 2.43. The van der Waals surface area contributed by atoms with Crippen LogP contribution in [0.4, 0.5) is 10.6 Å². The minimum absolute atomic E-state index is 0.512. The number of nitrogens with zero attached hydrogens (tertiary/aromatic N) is 1. The average Bonchev–Trinajstić information content (AvgIpc) is 2.04. The van der Waals surface area contributed by atoms with E-state index < -0.39 is 6.03 Å². The molecule has 0 aromatic carbocycles. The van der Waals surface area contributed by atoms with Crippen LogP contribution < -0.4 is 11.1 Å². The molecule has 4 nitrogen and oxygen atoms in total. The van der Waals surface area contributed by atoms with Crippen LogP contribution in [0.5, 0.6) is 0 Å². The summed E-state index contributed by atoms with van der Waals surface area (Å²) in [5.41, 5.74) is 5.92. The van der Waals surface area contributed by atoms with Gasteiger partial charge in [-0.15, -0.1) is 0 Å². The lowest BCUT2D eigenvalue weighted by Gasteiger charge is -2.02. The third-order valence-electron chi connectivity index (χ3n) is 1.56. The fraction of sp³-hybridized carbons (Fsp3) is 0.333. The number of urea groups is 1. The van der Waals surface area contributed by atoms with Gasteiger partial charge in [-0.25, -0.2) is 9.78 Å². The number of rotatable bonds is 3. The molecule has 70 valence electrons. The molecule has 0 atom stereocenters. The molecule has 1 aromatic rings. The molecule has 3 N–H and O–H groups in total. The van der Waals surface area contributed by atoms with Gasteiger partial charge in [0.05, 0.1) is 0 Å². The number of hydrogen-bond acceptors (Lipinski definition) is 2. The molecular formula is C9H13N3O. The number of anilines is 1. The van der Waals surface area contributed by atoms with E-state index in [4.69, 9.17) is 5.73 Å². The Morgan fingerprint density at radius 2 is 2.38 bits per heavy atom. The lowest BCUT2D eigenvalue weighted by atomic mass is 10.2. The third-order valence-corrected chi connectivity index (χ3v) is 1.56. The Morgan fingerprint density at radius 1 is 1.62 bits per heavy atom. The molecule has 0 fully saturated rings. The van der Waals surface area contributed by atoms with Crippen molar-refractivity contribution in [3.05, 3.63) is 23.9 Å².